The van der Waals surface area contributed by atoms with E-state index in [0.717, 1.165) is 28.5 Å². The van der Waals surface area contributed by atoms with Gasteiger partial charge in [-0.05, 0) is 48.5 Å². The molecule has 6 nitrogen and oxygen atoms in total. The summed E-state index contributed by atoms with van der Waals surface area (Å²) in [5.74, 6) is 1.61. The Labute approximate surface area is 128 Å². The Hall–Kier alpha value is -3.02. The number of hydrazone groups is 2. The third kappa shape index (κ3) is 2.85. The molecule has 0 saturated heterocycles. The van der Waals surface area contributed by atoms with E-state index < -0.39 is 0 Å². The van der Waals surface area contributed by atoms with E-state index in [2.05, 4.69) is 15.7 Å². The van der Waals surface area contributed by atoms with Crippen LogP contribution in [0.15, 0.2) is 58.7 Å². The Morgan fingerprint density at radius 2 is 1.45 bits per heavy atom. The minimum atomic E-state index is 0.757. The summed E-state index contributed by atoms with van der Waals surface area (Å²) >= 11 is 0. The lowest BCUT2D eigenvalue weighted by Gasteiger charge is -2.21. The summed E-state index contributed by atoms with van der Waals surface area (Å²) in [6.45, 7) is 0. The van der Waals surface area contributed by atoms with Crippen LogP contribution in [0.25, 0.3) is 0 Å². The van der Waals surface area contributed by atoms with Crippen molar-refractivity contribution >= 4 is 17.6 Å². The SMILES string of the molecule is COc1ccc(C2=NNN(c3ccc(OC)cc3)N=C2)cc1. The number of ether oxygens (including phenoxy) is 2. The van der Waals surface area contributed by atoms with Gasteiger partial charge in [-0.25, -0.2) is 0 Å². The van der Waals surface area contributed by atoms with E-state index in [4.69, 9.17) is 9.47 Å². The van der Waals surface area contributed by atoms with Crippen LogP contribution in [0.2, 0.25) is 0 Å². The standard InChI is InChI=1S/C16H16N4O2/c1-21-14-7-3-12(4-8-14)16-11-17-20(19-18-16)13-5-9-15(22-2)10-6-13/h3-11,19H,1-2H3. The van der Waals surface area contributed by atoms with Gasteiger partial charge in [-0.3, -0.25) is 0 Å². The normalized spacial score (nSPS) is 13.4. The van der Waals surface area contributed by atoms with Gasteiger partial charge in [0.1, 0.15) is 17.2 Å². The first-order valence-electron chi connectivity index (χ1n) is 6.76. The fraction of sp³-hybridized carbons (Fsp3) is 0.125. The highest BCUT2D eigenvalue weighted by molar-refractivity contribution is 6.38. The molecule has 1 aliphatic rings. The minimum absolute atomic E-state index is 0.757. The molecular weight excluding hydrogens is 280 g/mol. The van der Waals surface area contributed by atoms with Crippen molar-refractivity contribution in [3.05, 3.63) is 54.1 Å². The average Bonchev–Trinajstić information content (AvgIpc) is 2.62. The van der Waals surface area contributed by atoms with Gasteiger partial charge in [0.25, 0.3) is 0 Å². The molecule has 3 rings (SSSR count). The fourth-order valence-corrected chi connectivity index (χ4v) is 2.02. The van der Waals surface area contributed by atoms with Crippen LogP contribution >= 0.6 is 0 Å². The molecule has 0 amide bonds. The molecule has 0 aromatic heterocycles. The number of hydrogen-bond donors (Lipinski definition) is 1. The van der Waals surface area contributed by atoms with E-state index in [1.807, 2.05) is 48.5 Å². The van der Waals surface area contributed by atoms with E-state index in [9.17, 15) is 0 Å². The second-order valence-electron chi connectivity index (χ2n) is 4.58. The first-order chi connectivity index (χ1) is 10.8. The maximum absolute atomic E-state index is 5.14. The monoisotopic (exact) mass is 296 g/mol. The van der Waals surface area contributed by atoms with Gasteiger partial charge in [0.15, 0.2) is 0 Å². The second kappa shape index (κ2) is 6.17. The fourth-order valence-electron chi connectivity index (χ4n) is 2.02. The largest absolute Gasteiger partial charge is 0.497 e. The number of hydrogen-bond acceptors (Lipinski definition) is 6. The molecule has 1 heterocycles. The van der Waals surface area contributed by atoms with Crippen molar-refractivity contribution in [1.29, 1.82) is 0 Å². The topological polar surface area (TPSA) is 58.5 Å². The molecule has 112 valence electrons. The second-order valence-corrected chi connectivity index (χ2v) is 4.58. The summed E-state index contributed by atoms with van der Waals surface area (Å²) in [5, 5.41) is 10.3. The van der Waals surface area contributed by atoms with Gasteiger partial charge in [0.05, 0.1) is 26.1 Å². The van der Waals surface area contributed by atoms with Gasteiger partial charge < -0.3 is 9.47 Å². The summed E-state index contributed by atoms with van der Waals surface area (Å²) in [4.78, 5) is 0. The molecular formula is C16H16N4O2. The van der Waals surface area contributed by atoms with Crippen molar-refractivity contribution in [2.45, 2.75) is 0 Å². The Kier molecular flexibility index (Phi) is 3.91. The maximum Gasteiger partial charge on any atom is 0.119 e. The van der Waals surface area contributed by atoms with Crippen LogP contribution in [0.3, 0.4) is 0 Å². The summed E-state index contributed by atoms with van der Waals surface area (Å²) in [6, 6.07) is 15.2. The van der Waals surface area contributed by atoms with Crippen molar-refractivity contribution in [2.75, 3.05) is 19.3 Å². The molecule has 0 fully saturated rings. The van der Waals surface area contributed by atoms with Crippen LogP contribution < -0.4 is 20.1 Å². The molecule has 22 heavy (non-hydrogen) atoms. The highest BCUT2D eigenvalue weighted by Crippen LogP contribution is 2.19. The summed E-state index contributed by atoms with van der Waals surface area (Å²) in [6.07, 6.45) is 1.71. The van der Waals surface area contributed by atoms with Gasteiger partial charge in [-0.1, -0.05) is 0 Å². The number of nitrogens with one attached hydrogen (secondary N) is 1. The highest BCUT2D eigenvalue weighted by atomic mass is 16.5. The molecule has 0 aliphatic carbocycles. The van der Waals surface area contributed by atoms with Crippen molar-refractivity contribution in [2.24, 2.45) is 10.2 Å². The van der Waals surface area contributed by atoms with E-state index in [1.54, 1.807) is 25.6 Å². The third-order valence-electron chi connectivity index (χ3n) is 3.26. The Morgan fingerprint density at radius 3 is 1.95 bits per heavy atom. The Morgan fingerprint density at radius 1 is 0.864 bits per heavy atom. The molecule has 0 saturated carbocycles. The number of methoxy groups -OCH3 is 2. The lowest BCUT2D eigenvalue weighted by molar-refractivity contribution is 0.414. The Balaban J connectivity index is 1.72. The number of benzene rings is 2. The smallest absolute Gasteiger partial charge is 0.119 e. The number of rotatable bonds is 4. The van der Waals surface area contributed by atoms with Crippen LogP contribution in [-0.4, -0.2) is 26.1 Å². The van der Waals surface area contributed by atoms with Crippen LogP contribution in [0.4, 0.5) is 5.69 Å². The number of hydrazine groups is 1. The van der Waals surface area contributed by atoms with E-state index in [-0.39, 0.29) is 0 Å². The predicted molar refractivity (Wildman–Crippen MR) is 86.6 cm³/mol. The molecule has 2 aromatic rings. The van der Waals surface area contributed by atoms with Crippen molar-refractivity contribution in [3.63, 3.8) is 0 Å². The van der Waals surface area contributed by atoms with E-state index >= 15 is 0 Å². The van der Waals surface area contributed by atoms with Gasteiger partial charge in [-0.15, -0.1) is 0 Å². The number of anilines is 1. The van der Waals surface area contributed by atoms with Gasteiger partial charge in [0, 0.05) is 5.56 Å². The number of nitrogens with zero attached hydrogens (tertiary/aromatic N) is 3. The van der Waals surface area contributed by atoms with Crippen LogP contribution in [0, 0.1) is 0 Å². The first kappa shape index (κ1) is 13.9. The van der Waals surface area contributed by atoms with E-state index in [0.29, 0.717) is 0 Å². The average molecular weight is 296 g/mol. The van der Waals surface area contributed by atoms with Crippen molar-refractivity contribution < 1.29 is 9.47 Å². The molecule has 2 aromatic carbocycles. The van der Waals surface area contributed by atoms with Crippen molar-refractivity contribution in [1.82, 2.24) is 5.53 Å². The van der Waals surface area contributed by atoms with Gasteiger partial charge in [-0.2, -0.15) is 20.9 Å². The molecule has 6 heteroatoms. The Bertz CT molecular complexity index is 693. The highest BCUT2D eigenvalue weighted by Gasteiger charge is 2.10. The van der Waals surface area contributed by atoms with Crippen LogP contribution in [0.1, 0.15) is 5.56 Å². The molecule has 0 bridgehead atoms. The zero-order valence-electron chi connectivity index (χ0n) is 12.4. The summed E-state index contributed by atoms with van der Waals surface area (Å²) in [5.41, 5.74) is 5.49. The summed E-state index contributed by atoms with van der Waals surface area (Å²) < 4.78 is 10.3. The quantitative estimate of drug-likeness (QED) is 0.941. The minimum Gasteiger partial charge on any atom is -0.497 e. The molecule has 0 spiro atoms. The van der Waals surface area contributed by atoms with Crippen molar-refractivity contribution in [3.8, 4) is 11.5 Å². The first-order valence-corrected chi connectivity index (χ1v) is 6.76. The molecule has 0 unspecified atom stereocenters. The molecule has 0 radical (unpaired) electrons. The lowest BCUT2D eigenvalue weighted by atomic mass is 10.1. The molecule has 0 atom stereocenters. The van der Waals surface area contributed by atoms with Gasteiger partial charge >= 0.3 is 0 Å². The molecule has 1 aliphatic heterocycles. The maximum atomic E-state index is 5.14. The third-order valence-corrected chi connectivity index (χ3v) is 3.26. The zero-order chi connectivity index (χ0) is 15.4. The zero-order valence-corrected chi connectivity index (χ0v) is 12.4. The lowest BCUT2D eigenvalue weighted by Crippen LogP contribution is -2.34. The van der Waals surface area contributed by atoms with E-state index in [1.165, 1.54) is 0 Å². The van der Waals surface area contributed by atoms with Gasteiger partial charge in [0.2, 0.25) is 0 Å². The van der Waals surface area contributed by atoms with Crippen LogP contribution in [-0.2, 0) is 0 Å². The molecule has 1 N–H and O–H groups in total. The predicted octanol–water partition coefficient (Wildman–Crippen LogP) is 2.42. The summed E-state index contributed by atoms with van der Waals surface area (Å²) in [7, 11) is 3.28. The van der Waals surface area contributed by atoms with Crippen LogP contribution in [0.5, 0.6) is 11.5 Å².